The van der Waals surface area contributed by atoms with Gasteiger partial charge in [-0.3, -0.25) is 4.79 Å². The van der Waals surface area contributed by atoms with E-state index >= 15 is 0 Å². The summed E-state index contributed by atoms with van der Waals surface area (Å²) in [5, 5.41) is 4.42. The van der Waals surface area contributed by atoms with Crippen LogP contribution in [0.1, 0.15) is 10.4 Å². The molecule has 1 N–H and O–H groups in total. The predicted molar refractivity (Wildman–Crippen MR) is 104 cm³/mol. The van der Waals surface area contributed by atoms with Crippen LogP contribution in [0, 0.1) is 0 Å². The average molecular weight is 386 g/mol. The number of carbonyl (C=O) groups is 1. The Kier molecular flexibility index (Phi) is 4.61. The zero-order valence-electron chi connectivity index (χ0n) is 14.0. The van der Waals surface area contributed by atoms with E-state index in [2.05, 4.69) is 21.1 Å². The molecule has 0 saturated heterocycles. The topological polar surface area (TPSA) is 56.1 Å². The number of fused-ring (bicyclic) bond motifs is 1. The highest BCUT2D eigenvalue weighted by atomic mass is 35.5. The quantitative estimate of drug-likeness (QED) is 0.714. The van der Waals surface area contributed by atoms with Crippen LogP contribution in [-0.2, 0) is 6.54 Å². The molecule has 0 bridgehead atoms. The number of carbonyl (C=O) groups excluding carboxylic acids is 1. The average Bonchev–Trinajstić information content (AvgIpc) is 3.24. The van der Waals surface area contributed by atoms with Gasteiger partial charge in [0.2, 0.25) is 0 Å². The second kappa shape index (κ2) is 7.05. The fourth-order valence-electron chi connectivity index (χ4n) is 2.86. The summed E-state index contributed by atoms with van der Waals surface area (Å²) in [6.45, 7) is 0.984. The first-order valence-corrected chi connectivity index (χ1v) is 9.46. The molecule has 4 rings (SSSR count). The lowest BCUT2D eigenvalue weighted by molar-refractivity contribution is 0.102. The van der Waals surface area contributed by atoms with E-state index in [-0.39, 0.29) is 5.91 Å². The summed E-state index contributed by atoms with van der Waals surface area (Å²) in [5.74, 6) is 1.27. The summed E-state index contributed by atoms with van der Waals surface area (Å²) < 4.78 is 7.41. The van der Waals surface area contributed by atoms with E-state index in [0.717, 1.165) is 28.7 Å². The number of aromatic nitrogens is 2. The monoisotopic (exact) mass is 385 g/mol. The van der Waals surface area contributed by atoms with Crippen molar-refractivity contribution in [2.45, 2.75) is 11.7 Å². The fourth-order valence-corrected chi connectivity index (χ4v) is 3.98. The number of halogens is 1. The third-order valence-electron chi connectivity index (χ3n) is 4.13. The van der Waals surface area contributed by atoms with Crippen LogP contribution in [0.25, 0.3) is 11.3 Å². The van der Waals surface area contributed by atoms with Crippen LogP contribution in [0.2, 0.25) is 5.02 Å². The Morgan fingerprint density at radius 1 is 1.31 bits per heavy atom. The lowest BCUT2D eigenvalue weighted by Crippen LogP contribution is -2.13. The van der Waals surface area contributed by atoms with Crippen molar-refractivity contribution in [2.24, 2.45) is 0 Å². The Balaban J connectivity index is 1.59. The molecular weight excluding hydrogens is 370 g/mol. The lowest BCUT2D eigenvalue weighted by atomic mass is 10.1. The molecule has 5 nitrogen and oxygen atoms in total. The molecule has 2 heterocycles. The number of amides is 1. The van der Waals surface area contributed by atoms with Crippen LogP contribution in [0.3, 0.4) is 0 Å². The van der Waals surface area contributed by atoms with Gasteiger partial charge in [-0.1, -0.05) is 35.5 Å². The van der Waals surface area contributed by atoms with Gasteiger partial charge in [0.25, 0.3) is 5.91 Å². The molecule has 3 aromatic rings. The molecule has 0 spiro atoms. The minimum Gasteiger partial charge on any atom is -0.496 e. The van der Waals surface area contributed by atoms with Gasteiger partial charge >= 0.3 is 0 Å². The summed E-state index contributed by atoms with van der Waals surface area (Å²) in [6.07, 6.45) is 2.05. The first-order valence-electron chi connectivity index (χ1n) is 8.09. The standard InChI is InChI=1S/C19H16ClN3O2S/c1-25-17-6-5-13(20)10-15(17)18(24)21-14-4-2-3-12(9-14)16-11-23-7-8-26-19(23)22-16/h2-6,9-11H,7-8H2,1H3,(H,21,24). The van der Waals surface area contributed by atoms with Crippen molar-refractivity contribution in [2.75, 3.05) is 18.2 Å². The number of nitrogens with one attached hydrogen (secondary N) is 1. The molecule has 0 unspecified atom stereocenters. The number of hydrogen-bond acceptors (Lipinski definition) is 4. The van der Waals surface area contributed by atoms with Crippen molar-refractivity contribution in [3.63, 3.8) is 0 Å². The van der Waals surface area contributed by atoms with Gasteiger partial charge in [0, 0.05) is 34.8 Å². The highest BCUT2D eigenvalue weighted by Gasteiger charge is 2.16. The van der Waals surface area contributed by atoms with Crippen molar-refractivity contribution in [1.29, 1.82) is 0 Å². The van der Waals surface area contributed by atoms with E-state index in [1.54, 1.807) is 30.0 Å². The summed E-state index contributed by atoms with van der Waals surface area (Å²) in [6, 6.07) is 12.6. The molecule has 1 aliphatic rings. The minimum atomic E-state index is -0.274. The number of nitrogens with zero attached hydrogens (tertiary/aromatic N) is 2. The van der Waals surface area contributed by atoms with E-state index in [1.807, 2.05) is 24.3 Å². The van der Waals surface area contributed by atoms with E-state index < -0.39 is 0 Å². The maximum Gasteiger partial charge on any atom is 0.259 e. The van der Waals surface area contributed by atoms with Crippen LogP contribution in [0.15, 0.2) is 53.8 Å². The Morgan fingerprint density at radius 2 is 2.19 bits per heavy atom. The Hall–Kier alpha value is -2.44. The molecule has 0 fully saturated rings. The maximum absolute atomic E-state index is 12.6. The fraction of sp³-hybridized carbons (Fsp3) is 0.158. The molecule has 1 amide bonds. The van der Waals surface area contributed by atoms with Gasteiger partial charge in [-0.05, 0) is 30.3 Å². The third kappa shape index (κ3) is 3.30. The van der Waals surface area contributed by atoms with Crippen molar-refractivity contribution >= 4 is 35.0 Å². The molecule has 1 aromatic heterocycles. The van der Waals surface area contributed by atoms with Gasteiger partial charge in [0.15, 0.2) is 5.16 Å². The van der Waals surface area contributed by atoms with Crippen LogP contribution in [0.5, 0.6) is 5.75 Å². The molecule has 0 atom stereocenters. The summed E-state index contributed by atoms with van der Waals surface area (Å²) >= 11 is 7.77. The van der Waals surface area contributed by atoms with E-state index in [9.17, 15) is 4.79 Å². The number of benzene rings is 2. The number of imidazole rings is 1. The number of methoxy groups -OCH3 is 1. The number of ether oxygens (including phenoxy) is 1. The number of rotatable bonds is 4. The van der Waals surface area contributed by atoms with Crippen LogP contribution in [-0.4, -0.2) is 28.3 Å². The molecule has 0 radical (unpaired) electrons. The first kappa shape index (κ1) is 17.0. The number of aryl methyl sites for hydroxylation is 1. The first-order chi connectivity index (χ1) is 12.6. The Bertz CT molecular complexity index is 965. The molecule has 132 valence electrons. The Labute approximate surface area is 160 Å². The van der Waals surface area contributed by atoms with Gasteiger partial charge in [-0.2, -0.15) is 0 Å². The highest BCUT2D eigenvalue weighted by molar-refractivity contribution is 7.99. The predicted octanol–water partition coefficient (Wildman–Crippen LogP) is 4.57. The summed E-state index contributed by atoms with van der Waals surface area (Å²) in [4.78, 5) is 17.3. The highest BCUT2D eigenvalue weighted by Crippen LogP contribution is 2.30. The third-order valence-corrected chi connectivity index (χ3v) is 5.33. The maximum atomic E-state index is 12.6. The second-order valence-electron chi connectivity index (χ2n) is 5.83. The lowest BCUT2D eigenvalue weighted by Gasteiger charge is -2.10. The normalized spacial score (nSPS) is 12.7. The second-order valence-corrected chi connectivity index (χ2v) is 7.33. The zero-order valence-corrected chi connectivity index (χ0v) is 15.6. The van der Waals surface area contributed by atoms with E-state index in [0.29, 0.717) is 22.0 Å². The van der Waals surface area contributed by atoms with Gasteiger partial charge in [-0.25, -0.2) is 4.98 Å². The van der Waals surface area contributed by atoms with Gasteiger partial charge in [0.05, 0.1) is 18.4 Å². The number of anilines is 1. The van der Waals surface area contributed by atoms with Gasteiger partial charge < -0.3 is 14.6 Å². The number of thioether (sulfide) groups is 1. The molecule has 2 aromatic carbocycles. The van der Waals surface area contributed by atoms with Crippen LogP contribution in [0.4, 0.5) is 5.69 Å². The molecule has 26 heavy (non-hydrogen) atoms. The van der Waals surface area contributed by atoms with Crippen molar-refractivity contribution in [1.82, 2.24) is 9.55 Å². The Morgan fingerprint density at radius 3 is 3.00 bits per heavy atom. The number of hydrogen-bond donors (Lipinski definition) is 1. The molecule has 0 saturated carbocycles. The van der Waals surface area contributed by atoms with Gasteiger partial charge in [-0.15, -0.1) is 0 Å². The van der Waals surface area contributed by atoms with Crippen molar-refractivity contribution in [3.05, 3.63) is 59.2 Å². The van der Waals surface area contributed by atoms with Gasteiger partial charge in [0.1, 0.15) is 5.75 Å². The van der Waals surface area contributed by atoms with Crippen LogP contribution >= 0.6 is 23.4 Å². The SMILES string of the molecule is COc1ccc(Cl)cc1C(=O)Nc1cccc(-c2cn3c(n2)SCC3)c1. The molecule has 1 aliphatic heterocycles. The minimum absolute atomic E-state index is 0.274. The zero-order chi connectivity index (χ0) is 18.1. The smallest absolute Gasteiger partial charge is 0.259 e. The van der Waals surface area contributed by atoms with Crippen LogP contribution < -0.4 is 10.1 Å². The summed E-state index contributed by atoms with van der Waals surface area (Å²) in [5.41, 5.74) is 2.95. The van der Waals surface area contributed by atoms with Crippen molar-refractivity contribution < 1.29 is 9.53 Å². The molecular formula is C19H16ClN3O2S. The van der Waals surface area contributed by atoms with E-state index in [1.165, 1.54) is 7.11 Å². The summed E-state index contributed by atoms with van der Waals surface area (Å²) in [7, 11) is 1.52. The van der Waals surface area contributed by atoms with Crippen molar-refractivity contribution in [3.8, 4) is 17.0 Å². The largest absolute Gasteiger partial charge is 0.496 e. The molecule has 7 heteroatoms. The van der Waals surface area contributed by atoms with E-state index in [4.69, 9.17) is 16.3 Å². The molecule has 0 aliphatic carbocycles.